The number of nitrogens with two attached hydrogens (primary N) is 1. The lowest BCUT2D eigenvalue weighted by Crippen LogP contribution is -2.54. The fraction of sp³-hybridized carbons (Fsp3) is 0.933. The molecule has 0 radical (unpaired) electrons. The minimum Gasteiger partial charge on any atom is -0.380 e. The molecular formula is C15H31N3O2. The van der Waals surface area contributed by atoms with E-state index in [4.69, 9.17) is 10.5 Å². The Labute approximate surface area is 123 Å². The molecule has 2 atom stereocenters. The Bertz CT molecular complexity index is 303. The molecule has 3 N–H and O–H groups in total. The Hall–Kier alpha value is -0.650. The fourth-order valence-corrected chi connectivity index (χ4v) is 2.71. The van der Waals surface area contributed by atoms with Crippen molar-refractivity contribution < 1.29 is 9.53 Å². The van der Waals surface area contributed by atoms with Crippen LogP contribution in [0.2, 0.25) is 0 Å². The minimum atomic E-state index is -0.187. The van der Waals surface area contributed by atoms with Gasteiger partial charge in [-0.05, 0) is 39.2 Å². The number of ether oxygens (including phenoxy) is 1. The highest BCUT2D eigenvalue weighted by molar-refractivity contribution is 5.76. The normalized spacial score (nSPS) is 22.6. The van der Waals surface area contributed by atoms with E-state index in [0.717, 1.165) is 19.0 Å². The molecule has 1 aliphatic heterocycles. The zero-order chi connectivity index (χ0) is 15.2. The van der Waals surface area contributed by atoms with Crippen molar-refractivity contribution in [2.24, 2.45) is 11.7 Å². The van der Waals surface area contributed by atoms with E-state index in [2.05, 4.69) is 31.0 Å². The molecule has 5 heteroatoms. The lowest BCUT2D eigenvalue weighted by atomic mass is 9.93. The average Bonchev–Trinajstić information content (AvgIpc) is 2.42. The number of methoxy groups -OCH3 is 1. The smallest absolute Gasteiger partial charge is 0.222 e. The monoisotopic (exact) mass is 285 g/mol. The van der Waals surface area contributed by atoms with Crippen molar-refractivity contribution in [1.29, 1.82) is 0 Å². The number of hydrogen-bond donors (Lipinski definition) is 2. The van der Waals surface area contributed by atoms with Gasteiger partial charge in [0, 0.05) is 32.3 Å². The predicted octanol–water partition coefficient (Wildman–Crippen LogP) is 0.977. The van der Waals surface area contributed by atoms with Crippen molar-refractivity contribution in [3.8, 4) is 0 Å². The van der Waals surface area contributed by atoms with Gasteiger partial charge < -0.3 is 15.8 Å². The molecule has 1 rings (SSSR count). The van der Waals surface area contributed by atoms with Crippen molar-refractivity contribution >= 4 is 5.91 Å². The van der Waals surface area contributed by atoms with E-state index in [-0.39, 0.29) is 17.6 Å². The Balaban J connectivity index is 2.40. The summed E-state index contributed by atoms with van der Waals surface area (Å²) in [4.78, 5) is 14.4. The van der Waals surface area contributed by atoms with E-state index in [1.54, 1.807) is 7.11 Å². The van der Waals surface area contributed by atoms with Gasteiger partial charge >= 0.3 is 0 Å². The van der Waals surface area contributed by atoms with Crippen LogP contribution >= 0.6 is 0 Å². The maximum absolute atomic E-state index is 11.9. The average molecular weight is 285 g/mol. The van der Waals surface area contributed by atoms with Gasteiger partial charge in [0.15, 0.2) is 0 Å². The van der Waals surface area contributed by atoms with Crippen LogP contribution in [0.1, 0.15) is 40.0 Å². The largest absolute Gasteiger partial charge is 0.380 e. The van der Waals surface area contributed by atoms with Gasteiger partial charge in [0.05, 0.1) is 12.5 Å². The molecule has 0 aromatic heterocycles. The molecule has 2 unspecified atom stereocenters. The first-order valence-corrected chi connectivity index (χ1v) is 7.63. The molecule has 0 bridgehead atoms. The van der Waals surface area contributed by atoms with Crippen LogP contribution in [0.25, 0.3) is 0 Å². The quantitative estimate of drug-likeness (QED) is 0.731. The van der Waals surface area contributed by atoms with Crippen molar-refractivity contribution in [1.82, 2.24) is 10.2 Å². The van der Waals surface area contributed by atoms with E-state index in [9.17, 15) is 4.79 Å². The predicted molar refractivity (Wildman–Crippen MR) is 81.5 cm³/mol. The Morgan fingerprint density at radius 1 is 1.55 bits per heavy atom. The van der Waals surface area contributed by atoms with Crippen molar-refractivity contribution in [2.45, 2.75) is 51.7 Å². The van der Waals surface area contributed by atoms with E-state index in [0.29, 0.717) is 19.5 Å². The second-order valence-corrected chi connectivity index (χ2v) is 6.58. The highest BCUT2D eigenvalue weighted by atomic mass is 16.5. The zero-order valence-electron chi connectivity index (χ0n) is 13.4. The first-order valence-electron chi connectivity index (χ1n) is 7.63. The van der Waals surface area contributed by atoms with Crippen LogP contribution in [0.5, 0.6) is 0 Å². The lowest BCUT2D eigenvalue weighted by molar-refractivity contribution is -0.124. The highest BCUT2D eigenvalue weighted by Crippen LogP contribution is 2.23. The van der Waals surface area contributed by atoms with Crippen molar-refractivity contribution in [3.05, 3.63) is 0 Å². The molecule has 1 saturated heterocycles. The van der Waals surface area contributed by atoms with Crippen LogP contribution < -0.4 is 11.1 Å². The van der Waals surface area contributed by atoms with Gasteiger partial charge in [-0.25, -0.2) is 0 Å². The number of amides is 1. The third kappa shape index (κ3) is 5.38. The van der Waals surface area contributed by atoms with Crippen molar-refractivity contribution in [3.63, 3.8) is 0 Å². The van der Waals surface area contributed by atoms with Gasteiger partial charge in [-0.2, -0.15) is 0 Å². The number of rotatable bonds is 7. The fourth-order valence-electron chi connectivity index (χ4n) is 2.71. The summed E-state index contributed by atoms with van der Waals surface area (Å²) in [5, 5.41) is 3.02. The molecule has 5 nitrogen and oxygen atoms in total. The second-order valence-electron chi connectivity index (χ2n) is 6.58. The summed E-state index contributed by atoms with van der Waals surface area (Å²) in [5.74, 6) is 0.759. The molecule has 0 aromatic carbocycles. The molecule has 1 aliphatic rings. The number of nitrogens with one attached hydrogen (secondary N) is 1. The molecule has 1 heterocycles. The van der Waals surface area contributed by atoms with Gasteiger partial charge in [0.25, 0.3) is 0 Å². The number of likely N-dealkylation sites (tertiary alicyclic amines) is 1. The second kappa shape index (κ2) is 7.96. The van der Waals surface area contributed by atoms with Crippen LogP contribution in [0, 0.1) is 5.92 Å². The molecule has 0 saturated carbocycles. The summed E-state index contributed by atoms with van der Waals surface area (Å²) in [6, 6.07) is 0. The number of carbonyl (C=O) groups is 1. The minimum absolute atomic E-state index is 0.00434. The molecule has 1 fully saturated rings. The van der Waals surface area contributed by atoms with Gasteiger partial charge in [-0.15, -0.1) is 0 Å². The summed E-state index contributed by atoms with van der Waals surface area (Å²) < 4.78 is 5.14. The number of piperidine rings is 1. The SMILES string of the molecule is COC(CN)CC(=O)NCC(C)(C)N1CCCC(C)C1. The standard InChI is InChI=1S/C15H31N3O2/c1-12-6-5-7-18(10-12)15(2,3)11-17-14(19)8-13(9-16)20-4/h12-13H,5-11,16H2,1-4H3,(H,17,19). The Kier molecular flexibility index (Phi) is 6.92. The maximum Gasteiger partial charge on any atom is 0.222 e. The number of carbonyl (C=O) groups excluding carboxylic acids is 1. The van der Waals surface area contributed by atoms with E-state index < -0.39 is 0 Å². The third-order valence-corrected chi connectivity index (χ3v) is 4.24. The first-order chi connectivity index (χ1) is 9.39. The van der Waals surface area contributed by atoms with Gasteiger partial charge in [0.2, 0.25) is 5.91 Å². The third-order valence-electron chi connectivity index (χ3n) is 4.24. The molecular weight excluding hydrogens is 254 g/mol. The Morgan fingerprint density at radius 3 is 2.80 bits per heavy atom. The molecule has 118 valence electrons. The van der Waals surface area contributed by atoms with Crippen LogP contribution in [-0.4, -0.2) is 55.7 Å². The first kappa shape index (κ1) is 17.4. The lowest BCUT2D eigenvalue weighted by Gasteiger charge is -2.43. The topological polar surface area (TPSA) is 67.6 Å². The van der Waals surface area contributed by atoms with Gasteiger partial charge in [-0.3, -0.25) is 9.69 Å². The van der Waals surface area contributed by atoms with Crippen LogP contribution in [0.4, 0.5) is 0 Å². The van der Waals surface area contributed by atoms with E-state index in [1.165, 1.54) is 12.8 Å². The molecule has 0 aromatic rings. The van der Waals surface area contributed by atoms with Crippen LogP contribution in [-0.2, 0) is 9.53 Å². The van der Waals surface area contributed by atoms with Crippen molar-refractivity contribution in [2.75, 3.05) is 33.3 Å². The molecule has 0 spiro atoms. The van der Waals surface area contributed by atoms with E-state index >= 15 is 0 Å². The summed E-state index contributed by atoms with van der Waals surface area (Å²) in [6.45, 7) is 9.97. The summed E-state index contributed by atoms with van der Waals surface area (Å²) >= 11 is 0. The summed E-state index contributed by atoms with van der Waals surface area (Å²) in [5.41, 5.74) is 5.53. The van der Waals surface area contributed by atoms with Crippen LogP contribution in [0.15, 0.2) is 0 Å². The number of hydrogen-bond acceptors (Lipinski definition) is 4. The Morgan fingerprint density at radius 2 is 2.25 bits per heavy atom. The molecule has 20 heavy (non-hydrogen) atoms. The zero-order valence-corrected chi connectivity index (χ0v) is 13.4. The summed E-state index contributed by atoms with van der Waals surface area (Å²) in [7, 11) is 1.59. The molecule has 1 amide bonds. The molecule has 0 aliphatic carbocycles. The van der Waals surface area contributed by atoms with Crippen LogP contribution in [0.3, 0.4) is 0 Å². The summed E-state index contributed by atoms with van der Waals surface area (Å²) in [6.07, 6.45) is 2.70. The number of nitrogens with zero attached hydrogens (tertiary/aromatic N) is 1. The van der Waals surface area contributed by atoms with Gasteiger partial charge in [0.1, 0.15) is 0 Å². The maximum atomic E-state index is 11.9. The van der Waals surface area contributed by atoms with Gasteiger partial charge in [-0.1, -0.05) is 6.92 Å². The highest BCUT2D eigenvalue weighted by Gasteiger charge is 2.30. The van der Waals surface area contributed by atoms with E-state index in [1.807, 2.05) is 0 Å².